The minimum absolute atomic E-state index is 0.664. The van der Waals surface area contributed by atoms with E-state index >= 15 is 0 Å². The van der Waals surface area contributed by atoms with E-state index in [2.05, 4.69) is 41.1 Å². The molecule has 23 heavy (non-hydrogen) atoms. The second-order valence-electron chi connectivity index (χ2n) is 6.40. The van der Waals surface area contributed by atoms with Crippen LogP contribution in [0.3, 0.4) is 0 Å². The van der Waals surface area contributed by atoms with E-state index in [1.165, 1.54) is 28.7 Å². The van der Waals surface area contributed by atoms with Gasteiger partial charge in [0, 0.05) is 19.3 Å². The summed E-state index contributed by atoms with van der Waals surface area (Å²) in [6.07, 6.45) is 5.18. The van der Waals surface area contributed by atoms with E-state index in [0.717, 1.165) is 31.7 Å². The van der Waals surface area contributed by atoms with E-state index in [4.69, 9.17) is 0 Å². The van der Waals surface area contributed by atoms with E-state index in [1.807, 2.05) is 12.1 Å². The van der Waals surface area contributed by atoms with Crippen molar-refractivity contribution in [3.63, 3.8) is 0 Å². The minimum Gasteiger partial charge on any atom is -0.351 e. The van der Waals surface area contributed by atoms with Gasteiger partial charge in [0.05, 0.1) is 5.56 Å². The molecule has 3 nitrogen and oxygen atoms in total. The summed E-state index contributed by atoms with van der Waals surface area (Å²) in [6.45, 7) is 3.96. The summed E-state index contributed by atoms with van der Waals surface area (Å²) in [4.78, 5) is 6.72. The number of aryl methyl sites for hydroxylation is 2. The molecule has 1 aromatic heterocycles. The summed E-state index contributed by atoms with van der Waals surface area (Å²) in [5.41, 5.74) is 7.88. The molecular weight excluding hydrogens is 282 g/mol. The molecule has 3 heteroatoms. The van der Waals surface area contributed by atoms with Gasteiger partial charge in [-0.25, -0.2) is 4.98 Å². The van der Waals surface area contributed by atoms with Gasteiger partial charge in [0.1, 0.15) is 11.9 Å². The molecule has 0 amide bonds. The van der Waals surface area contributed by atoms with Crippen LogP contribution in [0.25, 0.3) is 5.57 Å². The average Bonchev–Trinajstić information content (AvgIpc) is 2.61. The molecule has 0 atom stereocenters. The van der Waals surface area contributed by atoms with Crippen LogP contribution >= 0.6 is 0 Å². The molecule has 0 unspecified atom stereocenters. The number of hydrogen-bond donors (Lipinski definition) is 0. The van der Waals surface area contributed by atoms with Crippen molar-refractivity contribution in [1.82, 2.24) is 4.98 Å². The number of rotatable bonds is 1. The van der Waals surface area contributed by atoms with Crippen molar-refractivity contribution in [3.05, 3.63) is 64.4 Å². The SMILES string of the molecule is Cc1ccc2c(c1)C1=C(CC2)CCN(c2ncccc2C#N)C1. The van der Waals surface area contributed by atoms with Crippen molar-refractivity contribution < 1.29 is 0 Å². The number of benzene rings is 1. The lowest BCUT2D eigenvalue weighted by atomic mass is 9.81. The van der Waals surface area contributed by atoms with Crippen molar-refractivity contribution in [2.24, 2.45) is 0 Å². The fraction of sp³-hybridized carbons (Fsp3) is 0.300. The summed E-state index contributed by atoms with van der Waals surface area (Å²) < 4.78 is 0. The number of aromatic nitrogens is 1. The van der Waals surface area contributed by atoms with E-state index in [9.17, 15) is 5.26 Å². The van der Waals surface area contributed by atoms with Crippen molar-refractivity contribution in [3.8, 4) is 6.07 Å². The zero-order valence-corrected chi connectivity index (χ0v) is 13.3. The Bertz CT molecular complexity index is 842. The minimum atomic E-state index is 0.664. The number of fused-ring (bicyclic) bond motifs is 2. The molecule has 0 saturated heterocycles. The summed E-state index contributed by atoms with van der Waals surface area (Å²) >= 11 is 0. The zero-order valence-electron chi connectivity index (χ0n) is 13.3. The Morgan fingerprint density at radius 2 is 2.09 bits per heavy atom. The van der Waals surface area contributed by atoms with Crippen LogP contribution in [0.1, 0.15) is 35.1 Å². The third-order valence-electron chi connectivity index (χ3n) is 4.95. The zero-order chi connectivity index (χ0) is 15.8. The fourth-order valence-electron chi connectivity index (χ4n) is 3.75. The second-order valence-corrected chi connectivity index (χ2v) is 6.40. The molecule has 0 bridgehead atoms. The molecule has 0 N–H and O–H groups in total. The lowest BCUT2D eigenvalue weighted by Crippen LogP contribution is -2.33. The summed E-state index contributed by atoms with van der Waals surface area (Å²) in [6, 6.07) is 12.7. The Hall–Kier alpha value is -2.60. The van der Waals surface area contributed by atoms with Gasteiger partial charge in [0.2, 0.25) is 0 Å². The Morgan fingerprint density at radius 3 is 2.96 bits per heavy atom. The normalized spacial score (nSPS) is 16.6. The van der Waals surface area contributed by atoms with Crippen molar-refractivity contribution in [1.29, 1.82) is 5.26 Å². The Balaban J connectivity index is 1.74. The van der Waals surface area contributed by atoms with Crippen molar-refractivity contribution >= 4 is 11.4 Å². The van der Waals surface area contributed by atoms with Crippen LogP contribution in [-0.2, 0) is 6.42 Å². The van der Waals surface area contributed by atoms with Gasteiger partial charge in [0.15, 0.2) is 0 Å². The predicted molar refractivity (Wildman–Crippen MR) is 92.2 cm³/mol. The van der Waals surface area contributed by atoms with Gasteiger partial charge in [-0.3, -0.25) is 0 Å². The molecule has 0 spiro atoms. The van der Waals surface area contributed by atoms with E-state index in [1.54, 1.807) is 11.8 Å². The van der Waals surface area contributed by atoms with Gasteiger partial charge in [-0.1, -0.05) is 29.3 Å². The number of pyridine rings is 1. The maximum Gasteiger partial charge on any atom is 0.146 e. The lowest BCUT2D eigenvalue weighted by Gasteiger charge is -2.35. The van der Waals surface area contributed by atoms with Gasteiger partial charge in [-0.05, 0) is 55.0 Å². The van der Waals surface area contributed by atoms with Crippen LogP contribution in [0.15, 0.2) is 42.1 Å². The first-order valence-corrected chi connectivity index (χ1v) is 8.17. The molecule has 0 saturated carbocycles. The Labute approximate surface area is 136 Å². The lowest BCUT2D eigenvalue weighted by molar-refractivity contribution is 0.733. The van der Waals surface area contributed by atoms with E-state index in [-0.39, 0.29) is 0 Å². The van der Waals surface area contributed by atoms with Crippen molar-refractivity contribution in [2.75, 3.05) is 18.0 Å². The van der Waals surface area contributed by atoms with Gasteiger partial charge in [-0.2, -0.15) is 5.26 Å². The van der Waals surface area contributed by atoms with E-state index < -0.39 is 0 Å². The quantitative estimate of drug-likeness (QED) is 0.802. The maximum atomic E-state index is 9.35. The highest BCUT2D eigenvalue weighted by Crippen LogP contribution is 2.38. The highest BCUT2D eigenvalue weighted by Gasteiger charge is 2.26. The molecule has 0 radical (unpaired) electrons. The summed E-state index contributed by atoms with van der Waals surface area (Å²) in [5.74, 6) is 0.821. The van der Waals surface area contributed by atoms with Crippen LogP contribution in [0.4, 0.5) is 5.82 Å². The first kappa shape index (κ1) is 14.0. The largest absolute Gasteiger partial charge is 0.351 e. The third kappa shape index (κ3) is 2.41. The number of nitriles is 1. The van der Waals surface area contributed by atoms with Crippen LogP contribution in [-0.4, -0.2) is 18.1 Å². The van der Waals surface area contributed by atoms with Crippen LogP contribution in [0.5, 0.6) is 0 Å². The van der Waals surface area contributed by atoms with Gasteiger partial charge < -0.3 is 4.90 Å². The molecule has 2 aliphatic rings. The monoisotopic (exact) mass is 301 g/mol. The molecule has 4 rings (SSSR count). The summed E-state index contributed by atoms with van der Waals surface area (Å²) in [5, 5.41) is 9.35. The molecule has 2 aromatic rings. The van der Waals surface area contributed by atoms with Gasteiger partial charge >= 0.3 is 0 Å². The molecule has 0 fully saturated rings. The van der Waals surface area contributed by atoms with Crippen LogP contribution < -0.4 is 4.90 Å². The first-order valence-electron chi connectivity index (χ1n) is 8.17. The van der Waals surface area contributed by atoms with Crippen molar-refractivity contribution in [2.45, 2.75) is 26.2 Å². The van der Waals surface area contributed by atoms with Crippen LogP contribution in [0.2, 0.25) is 0 Å². The summed E-state index contributed by atoms with van der Waals surface area (Å²) in [7, 11) is 0. The molecular formula is C20H19N3. The predicted octanol–water partition coefficient (Wildman–Crippen LogP) is 3.87. The molecule has 1 aliphatic heterocycles. The standard InChI is InChI=1S/C20H19N3/c1-14-4-5-15-6-7-16-8-10-23(13-19(16)18(15)11-14)20-17(12-21)3-2-9-22-20/h2-5,9,11H,6-8,10,13H2,1H3. The number of anilines is 1. The van der Waals surface area contributed by atoms with Crippen LogP contribution in [0, 0.1) is 18.3 Å². The molecule has 1 aliphatic carbocycles. The molecule has 2 heterocycles. The molecule has 114 valence electrons. The highest BCUT2D eigenvalue weighted by molar-refractivity contribution is 5.78. The number of nitrogens with zero attached hydrogens (tertiary/aromatic N) is 3. The Morgan fingerprint density at radius 1 is 1.17 bits per heavy atom. The number of hydrogen-bond acceptors (Lipinski definition) is 3. The maximum absolute atomic E-state index is 9.35. The smallest absolute Gasteiger partial charge is 0.146 e. The second kappa shape index (κ2) is 5.55. The molecule has 1 aromatic carbocycles. The topological polar surface area (TPSA) is 39.9 Å². The van der Waals surface area contributed by atoms with Gasteiger partial charge in [0.25, 0.3) is 0 Å². The average molecular weight is 301 g/mol. The van der Waals surface area contributed by atoms with E-state index in [0.29, 0.717) is 5.56 Å². The first-order chi connectivity index (χ1) is 11.3. The highest BCUT2D eigenvalue weighted by atomic mass is 15.2. The van der Waals surface area contributed by atoms with Gasteiger partial charge in [-0.15, -0.1) is 0 Å². The third-order valence-corrected chi connectivity index (χ3v) is 4.95. The Kier molecular flexibility index (Phi) is 3.38. The fourth-order valence-corrected chi connectivity index (χ4v) is 3.75.